The fourth-order valence-corrected chi connectivity index (χ4v) is 9.43. The predicted octanol–water partition coefficient (Wildman–Crippen LogP) is 6.53. The number of ketones is 1. The summed E-state index contributed by atoms with van der Waals surface area (Å²) in [5.41, 5.74) is 1.12. The van der Waals surface area contributed by atoms with Crippen molar-refractivity contribution in [3.8, 4) is 0 Å². The Hall–Kier alpha value is -3.84. The molecule has 15 unspecified atom stereocenters. The van der Waals surface area contributed by atoms with Gasteiger partial charge in [-0.3, -0.25) is 9.59 Å². The first kappa shape index (κ1) is 62.3. The first-order valence-electron chi connectivity index (χ1n) is 24.5. The first-order valence-corrected chi connectivity index (χ1v) is 24.5. The van der Waals surface area contributed by atoms with Crippen molar-refractivity contribution in [2.75, 3.05) is 56.8 Å². The van der Waals surface area contributed by atoms with E-state index in [1.165, 1.54) is 31.3 Å². The van der Waals surface area contributed by atoms with Crippen LogP contribution in [-0.2, 0) is 61.8 Å². The molecule has 2 rings (SSSR count). The minimum atomic E-state index is -1.24. The van der Waals surface area contributed by atoms with Gasteiger partial charge in [-0.15, -0.1) is 0 Å². The second kappa shape index (κ2) is 32.3. The molecule has 2 aliphatic rings. The van der Waals surface area contributed by atoms with Gasteiger partial charge < -0.3 is 57.7 Å². The molecule has 2 bridgehead atoms. The topological polar surface area (TPSA) is 195 Å². The summed E-state index contributed by atoms with van der Waals surface area (Å²) in [5.74, 6) is -3.15. The molecule has 0 radical (unpaired) electrons. The second-order valence-electron chi connectivity index (χ2n) is 19.1. The molecule has 0 aromatic heterocycles. The maximum atomic E-state index is 13.7. The molecule has 0 aromatic carbocycles. The fourth-order valence-electron chi connectivity index (χ4n) is 9.43. The largest absolute Gasteiger partial charge is 0.458 e. The minimum absolute atomic E-state index is 0.0438. The first-order chi connectivity index (χ1) is 33.2. The molecule has 2 N–H and O–H groups in total. The molecule has 17 atom stereocenters. The molecule has 0 saturated carbocycles. The Morgan fingerprint density at radius 3 is 2.03 bits per heavy atom. The zero-order chi connectivity index (χ0) is 52.7. The standard InChI is InChI=1S/C54H87NO15/c1-33-18-16-20-48(59)69-52(39(7)51(67-14)35(3)23-26-43(57)37(5)45(64-11)19-17-27-55(8)32-56)36(4)22-25-40(62-9)29-44(58)34(2)21-24-41(63-10)30-46(65-12)38(6)53-50(61)42(31-49(60)70-53)54(68-15)47(28-33)66-13/h16-18,20-22,24-25,27,31-32,34-41,44-47,50-54,58,61H,19,23,26,28-30H2,1-15H3/b20-16+,24-21+,25-22+,27-17+,33-18+/t34?,35?,36?,37?,38?,39?,40?,41?,44?,45?,46?,47?,50-,51?,52?,53-,54?/m1/s1. The Kier molecular flexibility index (Phi) is 28.7. The average molecular weight is 990 g/mol. The van der Waals surface area contributed by atoms with Crippen LogP contribution in [0.15, 0.2) is 72.0 Å². The number of ether oxygens (including phenoxy) is 9. The third-order valence-electron chi connectivity index (χ3n) is 14.1. The van der Waals surface area contributed by atoms with Gasteiger partial charge in [0.25, 0.3) is 0 Å². The van der Waals surface area contributed by atoms with Crippen molar-refractivity contribution in [2.45, 2.75) is 154 Å². The zero-order valence-corrected chi connectivity index (χ0v) is 44.6. The highest BCUT2D eigenvalue weighted by atomic mass is 16.6. The van der Waals surface area contributed by atoms with Gasteiger partial charge in [0.15, 0.2) is 0 Å². The number of carbonyl (C=O) groups is 4. The van der Waals surface area contributed by atoms with Gasteiger partial charge in [-0.25, -0.2) is 9.59 Å². The number of fused-ring (bicyclic) bond motifs is 2. The van der Waals surface area contributed by atoms with E-state index in [0.29, 0.717) is 37.7 Å². The van der Waals surface area contributed by atoms with E-state index in [-0.39, 0.29) is 48.4 Å². The Labute approximate surface area is 418 Å². The van der Waals surface area contributed by atoms with Crippen LogP contribution in [0.5, 0.6) is 0 Å². The Balaban J connectivity index is 2.55. The third kappa shape index (κ3) is 19.3. The van der Waals surface area contributed by atoms with Gasteiger partial charge in [0.05, 0.1) is 42.7 Å². The van der Waals surface area contributed by atoms with Crippen LogP contribution < -0.4 is 0 Å². The lowest BCUT2D eigenvalue weighted by Gasteiger charge is -2.39. The van der Waals surface area contributed by atoms with Gasteiger partial charge in [0.1, 0.15) is 30.2 Å². The molecule has 0 aliphatic carbocycles. The smallest absolute Gasteiger partial charge is 0.331 e. The van der Waals surface area contributed by atoms with Crippen LogP contribution in [-0.4, -0.2) is 163 Å². The molecule has 2 aliphatic heterocycles. The monoisotopic (exact) mass is 990 g/mol. The highest BCUT2D eigenvalue weighted by Crippen LogP contribution is 2.34. The Bertz CT molecular complexity index is 1780. The SMILES string of the molecule is COC1/C=C/C(C)C(C(C)C(OC)C(C)CCC(=O)C(C)C(C/C=C/N(C)C=O)OC)OC(=O)/C=C/C=C(\C)CC(OC)C(OC)C2=CC(=O)O[C@H](C(C)C(OC)CC(OC)/C=C/C(C)C(O)C1)[C@@H]2O. The molecule has 0 spiro atoms. The van der Waals surface area contributed by atoms with Crippen LogP contribution in [0, 0.1) is 35.5 Å². The van der Waals surface area contributed by atoms with Gasteiger partial charge in [-0.05, 0) is 32.1 Å². The zero-order valence-electron chi connectivity index (χ0n) is 44.6. The van der Waals surface area contributed by atoms with E-state index in [4.69, 9.17) is 42.6 Å². The van der Waals surface area contributed by atoms with E-state index in [2.05, 4.69) is 0 Å². The molecule has 70 heavy (non-hydrogen) atoms. The van der Waals surface area contributed by atoms with E-state index in [1.807, 2.05) is 72.8 Å². The number of rotatable bonds is 19. The van der Waals surface area contributed by atoms with E-state index in [0.717, 1.165) is 5.57 Å². The summed E-state index contributed by atoms with van der Waals surface area (Å²) in [7, 11) is 12.5. The summed E-state index contributed by atoms with van der Waals surface area (Å²) >= 11 is 0. The molecule has 0 aromatic rings. The normalized spacial score (nSPS) is 33.5. The summed E-state index contributed by atoms with van der Waals surface area (Å²) in [6.45, 7) is 13.4. The predicted molar refractivity (Wildman–Crippen MR) is 267 cm³/mol. The molecular formula is C54H87NO15. The maximum absolute atomic E-state index is 13.7. The summed E-state index contributed by atoms with van der Waals surface area (Å²) in [6.07, 6.45) is 12.5. The minimum Gasteiger partial charge on any atom is -0.458 e. The van der Waals surface area contributed by atoms with Gasteiger partial charge in [-0.2, -0.15) is 0 Å². The number of nitrogens with zero attached hydrogens (tertiary/aromatic N) is 1. The van der Waals surface area contributed by atoms with E-state index in [1.54, 1.807) is 67.0 Å². The molecule has 0 fully saturated rings. The van der Waals surface area contributed by atoms with Crippen LogP contribution in [0.4, 0.5) is 0 Å². The van der Waals surface area contributed by atoms with Gasteiger partial charge in [0.2, 0.25) is 6.41 Å². The number of Topliss-reactive ketones (excluding diaryl/α,β-unsaturated/α-hetero) is 1. The van der Waals surface area contributed by atoms with Crippen molar-refractivity contribution < 1.29 is 72.0 Å². The number of methoxy groups -OCH3 is 7. The van der Waals surface area contributed by atoms with Gasteiger partial charge in [0, 0.05) is 130 Å². The van der Waals surface area contributed by atoms with Crippen molar-refractivity contribution in [1.29, 1.82) is 0 Å². The summed E-state index contributed by atoms with van der Waals surface area (Å²) in [5, 5.41) is 23.2. The number of hydrogen-bond acceptors (Lipinski definition) is 15. The van der Waals surface area contributed by atoms with Gasteiger partial charge >= 0.3 is 11.9 Å². The number of cyclic esters (lactones) is 1. The van der Waals surface area contributed by atoms with Crippen LogP contribution in [0.1, 0.15) is 87.0 Å². The van der Waals surface area contributed by atoms with Crippen molar-refractivity contribution in [3.63, 3.8) is 0 Å². The van der Waals surface area contributed by atoms with E-state index < -0.39 is 84.8 Å². The highest BCUT2D eigenvalue weighted by Gasteiger charge is 2.43. The Morgan fingerprint density at radius 2 is 1.46 bits per heavy atom. The summed E-state index contributed by atoms with van der Waals surface area (Å²) in [4.78, 5) is 52.7. The lowest BCUT2D eigenvalue weighted by Crippen LogP contribution is -2.50. The number of amides is 1. The quantitative estimate of drug-likeness (QED) is 0.0805. The van der Waals surface area contributed by atoms with Gasteiger partial charge in [-0.1, -0.05) is 89.6 Å². The van der Waals surface area contributed by atoms with Crippen LogP contribution in [0.25, 0.3) is 0 Å². The Morgan fingerprint density at radius 1 is 0.829 bits per heavy atom. The van der Waals surface area contributed by atoms with Crippen molar-refractivity contribution in [1.82, 2.24) is 4.90 Å². The molecule has 398 valence electrons. The van der Waals surface area contributed by atoms with Crippen LogP contribution in [0.3, 0.4) is 0 Å². The van der Waals surface area contributed by atoms with Crippen molar-refractivity contribution in [2.24, 2.45) is 35.5 Å². The molecular weight excluding hydrogens is 903 g/mol. The molecule has 0 saturated heterocycles. The van der Waals surface area contributed by atoms with Crippen LogP contribution >= 0.6 is 0 Å². The number of hydrogen-bond donors (Lipinski definition) is 2. The molecule has 16 heteroatoms. The lowest BCUT2D eigenvalue weighted by molar-refractivity contribution is -0.162. The van der Waals surface area contributed by atoms with E-state index >= 15 is 0 Å². The number of carbonyl (C=O) groups excluding carboxylic acids is 4. The molecule has 16 nitrogen and oxygen atoms in total. The highest BCUT2D eigenvalue weighted by molar-refractivity contribution is 5.84. The maximum Gasteiger partial charge on any atom is 0.331 e. The second-order valence-corrected chi connectivity index (χ2v) is 19.1. The van der Waals surface area contributed by atoms with E-state index in [9.17, 15) is 29.4 Å². The number of allylic oxidation sites excluding steroid dienone is 2. The number of aliphatic hydroxyl groups is 2. The number of esters is 2. The van der Waals surface area contributed by atoms with Crippen molar-refractivity contribution >= 4 is 24.1 Å². The summed E-state index contributed by atoms with van der Waals surface area (Å²) in [6, 6.07) is 0. The van der Waals surface area contributed by atoms with Crippen molar-refractivity contribution in [3.05, 3.63) is 72.0 Å². The average Bonchev–Trinajstić information content (AvgIpc) is 3.34. The number of aliphatic hydroxyl groups excluding tert-OH is 2. The molecule has 2 heterocycles. The third-order valence-corrected chi connectivity index (χ3v) is 14.1. The fraction of sp³-hybridized carbons (Fsp3) is 0.704. The van der Waals surface area contributed by atoms with Crippen LogP contribution in [0.2, 0.25) is 0 Å². The summed E-state index contributed by atoms with van der Waals surface area (Å²) < 4.78 is 53.1. The lowest BCUT2D eigenvalue weighted by atomic mass is 9.81. The molecule has 1 amide bonds.